The van der Waals surface area contributed by atoms with E-state index < -0.39 is 11.7 Å². The second-order valence-corrected chi connectivity index (χ2v) is 6.44. The van der Waals surface area contributed by atoms with Gasteiger partial charge in [-0.1, -0.05) is 32.0 Å². The number of aromatic nitrogens is 1. The minimum Gasteiger partial charge on any atom is -0.355 e. The van der Waals surface area contributed by atoms with Crippen LogP contribution in [0.1, 0.15) is 36.6 Å². The lowest BCUT2D eigenvalue weighted by molar-refractivity contribution is -0.137. The summed E-state index contributed by atoms with van der Waals surface area (Å²) < 4.78 is 38.8. The SMILES string of the molecule is Cc1cc(Nc2ccc(C(C)C)cc2)c2ccc(C(F)(F)F)cc2n1. The Bertz CT molecular complexity index is 897. The number of rotatable bonds is 3. The minimum absolute atomic E-state index is 0.330. The van der Waals surface area contributed by atoms with E-state index in [-0.39, 0.29) is 0 Å². The van der Waals surface area contributed by atoms with Crippen molar-refractivity contribution in [1.82, 2.24) is 4.98 Å². The maximum atomic E-state index is 12.9. The summed E-state index contributed by atoms with van der Waals surface area (Å²) in [5, 5.41) is 3.95. The molecule has 2 nitrogen and oxygen atoms in total. The third-order valence-corrected chi connectivity index (χ3v) is 4.12. The summed E-state index contributed by atoms with van der Waals surface area (Å²) in [6, 6.07) is 13.5. The van der Waals surface area contributed by atoms with Gasteiger partial charge >= 0.3 is 6.18 Å². The summed E-state index contributed by atoms with van der Waals surface area (Å²) in [4.78, 5) is 4.25. The van der Waals surface area contributed by atoms with Gasteiger partial charge < -0.3 is 5.32 Å². The van der Waals surface area contributed by atoms with Crippen LogP contribution in [0.15, 0.2) is 48.5 Å². The Labute approximate surface area is 144 Å². The Morgan fingerprint density at radius 1 is 0.960 bits per heavy atom. The molecule has 3 aromatic rings. The molecular weight excluding hydrogens is 325 g/mol. The number of nitrogens with one attached hydrogen (secondary N) is 1. The highest BCUT2D eigenvalue weighted by molar-refractivity contribution is 5.93. The molecular formula is C20H19F3N2. The lowest BCUT2D eigenvalue weighted by Gasteiger charge is -2.14. The van der Waals surface area contributed by atoms with Gasteiger partial charge in [0.15, 0.2) is 0 Å². The Hall–Kier alpha value is -2.56. The van der Waals surface area contributed by atoms with E-state index in [0.29, 0.717) is 22.5 Å². The van der Waals surface area contributed by atoms with Gasteiger partial charge in [0, 0.05) is 22.5 Å². The van der Waals surface area contributed by atoms with Gasteiger partial charge in [0.1, 0.15) is 0 Å². The first kappa shape index (κ1) is 17.3. The van der Waals surface area contributed by atoms with Crippen molar-refractivity contribution in [3.63, 3.8) is 0 Å². The first-order valence-electron chi connectivity index (χ1n) is 8.09. The third kappa shape index (κ3) is 3.76. The maximum absolute atomic E-state index is 12.9. The predicted molar refractivity (Wildman–Crippen MR) is 95.3 cm³/mol. The molecule has 0 saturated heterocycles. The summed E-state index contributed by atoms with van der Waals surface area (Å²) in [7, 11) is 0. The molecule has 0 aliphatic carbocycles. The van der Waals surface area contributed by atoms with Gasteiger partial charge in [-0.3, -0.25) is 4.98 Å². The highest BCUT2D eigenvalue weighted by Crippen LogP contribution is 2.34. The molecule has 130 valence electrons. The van der Waals surface area contributed by atoms with Crippen molar-refractivity contribution in [2.75, 3.05) is 5.32 Å². The average molecular weight is 344 g/mol. The van der Waals surface area contributed by atoms with Gasteiger partial charge in [0.2, 0.25) is 0 Å². The smallest absolute Gasteiger partial charge is 0.355 e. The molecule has 3 rings (SSSR count). The second kappa shape index (κ2) is 6.39. The Morgan fingerprint density at radius 3 is 2.24 bits per heavy atom. The number of hydrogen-bond acceptors (Lipinski definition) is 2. The van der Waals surface area contributed by atoms with E-state index in [1.807, 2.05) is 30.3 Å². The fraction of sp³-hybridized carbons (Fsp3) is 0.250. The predicted octanol–water partition coefficient (Wildman–Crippen LogP) is 6.43. The van der Waals surface area contributed by atoms with Crippen LogP contribution in [-0.2, 0) is 6.18 Å². The van der Waals surface area contributed by atoms with Gasteiger partial charge in [0.25, 0.3) is 0 Å². The minimum atomic E-state index is -4.38. The highest BCUT2D eigenvalue weighted by atomic mass is 19.4. The van der Waals surface area contributed by atoms with E-state index in [4.69, 9.17) is 0 Å². The zero-order valence-corrected chi connectivity index (χ0v) is 14.3. The van der Waals surface area contributed by atoms with Crippen LogP contribution in [-0.4, -0.2) is 4.98 Å². The summed E-state index contributed by atoms with van der Waals surface area (Å²) in [5.41, 5.74) is 3.16. The molecule has 0 amide bonds. The first-order chi connectivity index (χ1) is 11.7. The normalized spacial score (nSPS) is 12.0. The molecule has 25 heavy (non-hydrogen) atoms. The van der Waals surface area contributed by atoms with Crippen molar-refractivity contribution >= 4 is 22.3 Å². The Kier molecular flexibility index (Phi) is 4.41. The van der Waals surface area contributed by atoms with E-state index in [2.05, 4.69) is 24.1 Å². The molecule has 0 bridgehead atoms. The number of benzene rings is 2. The van der Waals surface area contributed by atoms with E-state index >= 15 is 0 Å². The van der Waals surface area contributed by atoms with Crippen molar-refractivity contribution in [1.29, 1.82) is 0 Å². The molecule has 0 radical (unpaired) electrons. The maximum Gasteiger partial charge on any atom is 0.416 e. The number of halogens is 3. The van der Waals surface area contributed by atoms with E-state index in [9.17, 15) is 13.2 Å². The average Bonchev–Trinajstić information content (AvgIpc) is 2.53. The number of pyridine rings is 1. The van der Waals surface area contributed by atoms with Crippen LogP contribution in [0.25, 0.3) is 10.9 Å². The summed E-state index contributed by atoms with van der Waals surface area (Å²) in [6.07, 6.45) is -4.38. The van der Waals surface area contributed by atoms with Crippen LogP contribution < -0.4 is 5.32 Å². The van der Waals surface area contributed by atoms with Gasteiger partial charge in [-0.15, -0.1) is 0 Å². The number of anilines is 2. The van der Waals surface area contributed by atoms with Gasteiger partial charge in [-0.25, -0.2) is 0 Å². The summed E-state index contributed by atoms with van der Waals surface area (Å²) in [6.45, 7) is 6.02. The van der Waals surface area contributed by atoms with Crippen molar-refractivity contribution in [3.8, 4) is 0 Å². The van der Waals surface area contributed by atoms with Gasteiger partial charge in [0.05, 0.1) is 11.1 Å². The number of nitrogens with zero attached hydrogens (tertiary/aromatic N) is 1. The molecule has 0 aliphatic rings. The fourth-order valence-corrected chi connectivity index (χ4v) is 2.75. The third-order valence-electron chi connectivity index (χ3n) is 4.12. The molecule has 1 heterocycles. The van der Waals surface area contributed by atoms with Gasteiger partial charge in [-0.05, 0) is 48.7 Å². The molecule has 0 unspecified atom stereocenters. The molecule has 0 atom stereocenters. The van der Waals surface area contributed by atoms with E-state index in [0.717, 1.165) is 23.5 Å². The van der Waals surface area contributed by atoms with Gasteiger partial charge in [-0.2, -0.15) is 13.2 Å². The Balaban J connectivity index is 2.01. The van der Waals surface area contributed by atoms with Crippen molar-refractivity contribution in [2.45, 2.75) is 32.9 Å². The van der Waals surface area contributed by atoms with Crippen molar-refractivity contribution in [3.05, 3.63) is 65.4 Å². The Morgan fingerprint density at radius 2 is 1.64 bits per heavy atom. The van der Waals surface area contributed by atoms with Crippen molar-refractivity contribution in [2.24, 2.45) is 0 Å². The molecule has 5 heteroatoms. The van der Waals surface area contributed by atoms with Crippen LogP contribution in [0.5, 0.6) is 0 Å². The van der Waals surface area contributed by atoms with Crippen LogP contribution >= 0.6 is 0 Å². The van der Waals surface area contributed by atoms with E-state index in [1.165, 1.54) is 11.6 Å². The number of alkyl halides is 3. The second-order valence-electron chi connectivity index (χ2n) is 6.44. The molecule has 0 aliphatic heterocycles. The molecule has 1 aromatic heterocycles. The number of aryl methyl sites for hydroxylation is 1. The largest absolute Gasteiger partial charge is 0.416 e. The van der Waals surface area contributed by atoms with Crippen LogP contribution in [0.4, 0.5) is 24.5 Å². The van der Waals surface area contributed by atoms with Crippen LogP contribution in [0.3, 0.4) is 0 Å². The first-order valence-corrected chi connectivity index (χ1v) is 8.09. The van der Waals surface area contributed by atoms with Crippen molar-refractivity contribution < 1.29 is 13.2 Å². The number of hydrogen-bond donors (Lipinski definition) is 1. The fourth-order valence-electron chi connectivity index (χ4n) is 2.75. The molecule has 0 saturated carbocycles. The number of fused-ring (bicyclic) bond motifs is 1. The lowest BCUT2D eigenvalue weighted by Crippen LogP contribution is -2.05. The lowest BCUT2D eigenvalue weighted by atomic mass is 10.0. The zero-order valence-electron chi connectivity index (χ0n) is 14.3. The van der Waals surface area contributed by atoms with E-state index in [1.54, 1.807) is 6.92 Å². The monoisotopic (exact) mass is 344 g/mol. The molecule has 0 spiro atoms. The molecule has 2 aromatic carbocycles. The zero-order chi connectivity index (χ0) is 18.2. The topological polar surface area (TPSA) is 24.9 Å². The molecule has 0 fully saturated rings. The quantitative estimate of drug-likeness (QED) is 0.592. The molecule has 1 N–H and O–H groups in total. The summed E-state index contributed by atoms with van der Waals surface area (Å²) in [5.74, 6) is 0.443. The summed E-state index contributed by atoms with van der Waals surface area (Å²) >= 11 is 0. The standard InChI is InChI=1S/C20H19F3N2/c1-12(2)14-4-7-16(8-5-14)25-18-10-13(3)24-19-11-15(20(21,22)23)6-9-17(18)19/h4-12H,1-3H3,(H,24,25). The highest BCUT2D eigenvalue weighted by Gasteiger charge is 2.30. The van der Waals surface area contributed by atoms with Crippen LogP contribution in [0.2, 0.25) is 0 Å². The van der Waals surface area contributed by atoms with Crippen LogP contribution in [0, 0.1) is 6.92 Å².